The third-order valence-electron chi connectivity index (χ3n) is 4.79. The minimum atomic E-state index is -0.264. The van der Waals surface area contributed by atoms with Crippen molar-refractivity contribution < 1.29 is 4.79 Å². The normalized spacial score (nSPS) is 17.2. The Balaban J connectivity index is 3.03. The van der Waals surface area contributed by atoms with Crippen molar-refractivity contribution in [1.82, 2.24) is 4.90 Å². The van der Waals surface area contributed by atoms with E-state index in [0.717, 1.165) is 44.3 Å². The quantitative estimate of drug-likeness (QED) is 0.682. The molecule has 0 aromatic heterocycles. The second-order valence-corrected chi connectivity index (χ2v) is 5.57. The molecular formula is C17H31NO. The van der Waals surface area contributed by atoms with Crippen LogP contribution in [0.25, 0.3) is 0 Å². The summed E-state index contributed by atoms with van der Waals surface area (Å²) in [5.74, 6) is 0.406. The van der Waals surface area contributed by atoms with Gasteiger partial charge in [-0.25, -0.2) is 0 Å². The number of carbonyl (C=O) groups excluding carboxylic acids is 1. The summed E-state index contributed by atoms with van der Waals surface area (Å²) < 4.78 is 0. The molecule has 0 aromatic carbocycles. The van der Waals surface area contributed by atoms with Gasteiger partial charge in [-0.2, -0.15) is 0 Å². The van der Waals surface area contributed by atoms with Gasteiger partial charge in [0.2, 0.25) is 0 Å². The molecule has 0 radical (unpaired) electrons. The van der Waals surface area contributed by atoms with E-state index in [4.69, 9.17) is 0 Å². The number of nitrogens with zero attached hydrogens (tertiary/aromatic N) is 1. The second-order valence-electron chi connectivity index (χ2n) is 5.57. The molecule has 0 bridgehead atoms. The van der Waals surface area contributed by atoms with E-state index >= 15 is 0 Å². The Morgan fingerprint density at radius 3 is 2.26 bits per heavy atom. The number of ketones is 1. The Kier molecular flexibility index (Phi) is 6.78. The van der Waals surface area contributed by atoms with Gasteiger partial charge in [0.15, 0.2) is 5.78 Å². The first-order valence-electron chi connectivity index (χ1n) is 8.15. The fourth-order valence-corrected chi connectivity index (χ4v) is 3.51. The van der Waals surface area contributed by atoms with E-state index < -0.39 is 0 Å². The monoisotopic (exact) mass is 265 g/mol. The van der Waals surface area contributed by atoms with E-state index in [9.17, 15) is 4.79 Å². The SMILES string of the molecule is CCN(CC)C(CC)(CC)C(=O)C1=CCCCCC1. The molecule has 0 aromatic rings. The van der Waals surface area contributed by atoms with Crippen molar-refractivity contribution >= 4 is 5.78 Å². The summed E-state index contributed by atoms with van der Waals surface area (Å²) >= 11 is 0. The van der Waals surface area contributed by atoms with E-state index in [1.165, 1.54) is 19.3 Å². The lowest BCUT2D eigenvalue weighted by molar-refractivity contribution is -0.128. The largest absolute Gasteiger partial charge is 0.292 e. The molecule has 0 N–H and O–H groups in total. The van der Waals surface area contributed by atoms with Gasteiger partial charge in [-0.05, 0) is 57.2 Å². The molecule has 0 unspecified atom stereocenters. The van der Waals surface area contributed by atoms with Gasteiger partial charge in [0, 0.05) is 0 Å². The van der Waals surface area contributed by atoms with E-state index in [2.05, 4.69) is 38.7 Å². The van der Waals surface area contributed by atoms with Gasteiger partial charge in [-0.15, -0.1) is 0 Å². The molecule has 1 aliphatic carbocycles. The maximum absolute atomic E-state index is 13.1. The Morgan fingerprint density at radius 2 is 1.74 bits per heavy atom. The van der Waals surface area contributed by atoms with Crippen LogP contribution in [-0.2, 0) is 4.79 Å². The molecule has 2 heteroatoms. The van der Waals surface area contributed by atoms with Crippen molar-refractivity contribution in [3.05, 3.63) is 11.6 Å². The minimum Gasteiger partial charge on any atom is -0.292 e. The zero-order valence-electron chi connectivity index (χ0n) is 13.3. The lowest BCUT2D eigenvalue weighted by Gasteiger charge is -2.41. The number of Topliss-reactive ketones (excluding diaryl/α,β-unsaturated/α-hetero) is 1. The molecule has 1 aliphatic rings. The summed E-state index contributed by atoms with van der Waals surface area (Å²) in [4.78, 5) is 15.4. The predicted octanol–water partition coefficient (Wildman–Crippen LogP) is 4.35. The summed E-state index contributed by atoms with van der Waals surface area (Å²) in [6, 6.07) is 0. The van der Waals surface area contributed by atoms with Crippen LogP contribution in [0.5, 0.6) is 0 Å². The summed E-state index contributed by atoms with van der Waals surface area (Å²) in [6.45, 7) is 10.6. The highest BCUT2D eigenvalue weighted by atomic mass is 16.1. The van der Waals surface area contributed by atoms with Gasteiger partial charge >= 0.3 is 0 Å². The van der Waals surface area contributed by atoms with Crippen LogP contribution < -0.4 is 0 Å². The molecule has 0 heterocycles. The first kappa shape index (κ1) is 16.4. The van der Waals surface area contributed by atoms with E-state index in [1.54, 1.807) is 0 Å². The second kappa shape index (κ2) is 7.84. The minimum absolute atomic E-state index is 0.264. The molecule has 0 amide bonds. The van der Waals surface area contributed by atoms with Gasteiger partial charge in [0.05, 0.1) is 5.54 Å². The number of hydrogen-bond acceptors (Lipinski definition) is 2. The molecule has 1 rings (SSSR count). The number of hydrogen-bond donors (Lipinski definition) is 0. The molecule has 0 spiro atoms. The maximum atomic E-state index is 13.1. The van der Waals surface area contributed by atoms with Crippen molar-refractivity contribution in [3.8, 4) is 0 Å². The lowest BCUT2D eigenvalue weighted by atomic mass is 9.81. The molecule has 110 valence electrons. The molecule has 2 nitrogen and oxygen atoms in total. The highest BCUT2D eigenvalue weighted by molar-refractivity contribution is 6.02. The first-order valence-corrected chi connectivity index (χ1v) is 8.15. The molecule has 0 atom stereocenters. The van der Waals surface area contributed by atoms with Crippen molar-refractivity contribution in [2.45, 2.75) is 78.2 Å². The third-order valence-corrected chi connectivity index (χ3v) is 4.79. The average molecular weight is 265 g/mol. The zero-order valence-corrected chi connectivity index (χ0v) is 13.3. The van der Waals surface area contributed by atoms with Crippen LogP contribution in [0.4, 0.5) is 0 Å². The van der Waals surface area contributed by atoms with Gasteiger partial charge in [-0.3, -0.25) is 9.69 Å². The Hall–Kier alpha value is -0.630. The Morgan fingerprint density at radius 1 is 1.11 bits per heavy atom. The van der Waals surface area contributed by atoms with Crippen molar-refractivity contribution in [2.75, 3.05) is 13.1 Å². The summed E-state index contributed by atoms with van der Waals surface area (Å²) in [7, 11) is 0. The topological polar surface area (TPSA) is 20.3 Å². The van der Waals surface area contributed by atoms with E-state index in [0.29, 0.717) is 5.78 Å². The van der Waals surface area contributed by atoms with Crippen LogP contribution in [-0.4, -0.2) is 29.3 Å². The molecule has 0 fully saturated rings. The van der Waals surface area contributed by atoms with Crippen LogP contribution in [0.3, 0.4) is 0 Å². The van der Waals surface area contributed by atoms with Crippen LogP contribution in [0, 0.1) is 0 Å². The third kappa shape index (κ3) is 3.47. The van der Waals surface area contributed by atoms with Gasteiger partial charge in [0.1, 0.15) is 0 Å². The number of likely N-dealkylation sites (N-methyl/N-ethyl adjacent to an activating group) is 1. The van der Waals surface area contributed by atoms with Crippen molar-refractivity contribution in [2.24, 2.45) is 0 Å². The number of carbonyl (C=O) groups is 1. The van der Waals surface area contributed by atoms with Crippen LogP contribution in [0.2, 0.25) is 0 Å². The molecule has 0 saturated heterocycles. The lowest BCUT2D eigenvalue weighted by Crippen LogP contribution is -2.54. The highest BCUT2D eigenvalue weighted by Crippen LogP contribution is 2.31. The van der Waals surface area contributed by atoms with Gasteiger partial charge in [-0.1, -0.05) is 40.2 Å². The van der Waals surface area contributed by atoms with Gasteiger partial charge < -0.3 is 0 Å². The number of rotatable bonds is 7. The fraction of sp³-hybridized carbons (Fsp3) is 0.824. The first-order chi connectivity index (χ1) is 9.16. The summed E-state index contributed by atoms with van der Waals surface area (Å²) in [5.41, 5.74) is 0.841. The van der Waals surface area contributed by atoms with E-state index in [1.807, 2.05) is 0 Å². The maximum Gasteiger partial charge on any atom is 0.178 e. The standard InChI is InChI=1S/C17H31NO/c1-5-17(6-2,18(7-3)8-4)16(19)15-13-11-9-10-12-14-15/h13H,5-12,14H2,1-4H3. The Bertz CT molecular complexity index is 311. The zero-order chi connectivity index (χ0) is 14.3. The summed E-state index contributed by atoms with van der Waals surface area (Å²) in [5, 5.41) is 0. The smallest absolute Gasteiger partial charge is 0.178 e. The molecule has 0 saturated carbocycles. The predicted molar refractivity (Wildman–Crippen MR) is 82.4 cm³/mol. The fourth-order valence-electron chi connectivity index (χ4n) is 3.51. The van der Waals surface area contributed by atoms with Gasteiger partial charge in [0.25, 0.3) is 0 Å². The Labute approximate surface area is 119 Å². The summed E-state index contributed by atoms with van der Waals surface area (Å²) in [6.07, 6.45) is 9.82. The van der Waals surface area contributed by atoms with Crippen LogP contribution >= 0.6 is 0 Å². The molecule has 0 aliphatic heterocycles. The molecule has 19 heavy (non-hydrogen) atoms. The van der Waals surface area contributed by atoms with Crippen molar-refractivity contribution in [3.63, 3.8) is 0 Å². The average Bonchev–Trinajstić information content (AvgIpc) is 2.73. The molecular weight excluding hydrogens is 234 g/mol. The highest BCUT2D eigenvalue weighted by Gasteiger charge is 2.40. The van der Waals surface area contributed by atoms with Crippen LogP contribution in [0.15, 0.2) is 11.6 Å². The van der Waals surface area contributed by atoms with Crippen molar-refractivity contribution in [1.29, 1.82) is 0 Å². The van der Waals surface area contributed by atoms with Crippen LogP contribution in [0.1, 0.15) is 72.6 Å². The van der Waals surface area contributed by atoms with E-state index in [-0.39, 0.29) is 5.54 Å². The number of allylic oxidation sites excluding steroid dienone is 1.